The van der Waals surface area contributed by atoms with Gasteiger partial charge in [-0.2, -0.15) is 13.2 Å². The Kier molecular flexibility index (Phi) is 9.01. The van der Waals surface area contributed by atoms with Crippen LogP contribution in [0.15, 0.2) is 76.0 Å². The van der Waals surface area contributed by atoms with Crippen molar-refractivity contribution in [2.45, 2.75) is 33.4 Å². The van der Waals surface area contributed by atoms with Crippen LogP contribution in [-0.2, 0) is 17.4 Å². The third-order valence-electron chi connectivity index (χ3n) is 5.83. The Labute approximate surface area is 233 Å². The first-order valence-corrected chi connectivity index (χ1v) is 12.9. The molecule has 0 saturated heterocycles. The van der Waals surface area contributed by atoms with Crippen molar-refractivity contribution < 1.29 is 41.3 Å². The highest BCUT2D eigenvalue weighted by Gasteiger charge is 2.40. The summed E-state index contributed by atoms with van der Waals surface area (Å²) in [6.45, 7) is 6.48. The minimum Gasteiger partial charge on any atom is -0.490 e. The van der Waals surface area contributed by atoms with Gasteiger partial charge in [0.05, 0.1) is 18.6 Å². The third-order valence-corrected chi connectivity index (χ3v) is 5.83. The number of fused-ring (bicyclic) bond motifs is 1. The lowest BCUT2D eigenvalue weighted by molar-refractivity contribution is -0.154. The molecule has 4 aromatic rings. The van der Waals surface area contributed by atoms with E-state index in [1.165, 1.54) is 30.3 Å². The predicted molar refractivity (Wildman–Crippen MR) is 147 cm³/mol. The summed E-state index contributed by atoms with van der Waals surface area (Å²) in [5.74, 6) is -2.37. The van der Waals surface area contributed by atoms with Crippen molar-refractivity contribution >= 4 is 23.0 Å². The van der Waals surface area contributed by atoms with Gasteiger partial charge in [-0.05, 0) is 73.9 Å². The topological polar surface area (TPSA) is 84.2 Å². The molecule has 0 fully saturated rings. The van der Waals surface area contributed by atoms with E-state index in [1.54, 1.807) is 30.3 Å². The molecule has 0 atom stereocenters. The molecule has 0 aliphatic heterocycles. The summed E-state index contributed by atoms with van der Waals surface area (Å²) in [5.41, 5.74) is 0.144. The average molecular weight is 569 g/mol. The van der Waals surface area contributed by atoms with E-state index in [0.717, 1.165) is 24.1 Å². The first kappa shape index (κ1) is 29.3. The van der Waals surface area contributed by atoms with E-state index in [0.29, 0.717) is 30.3 Å². The van der Waals surface area contributed by atoms with Gasteiger partial charge >= 0.3 is 12.1 Å². The molecule has 1 heterocycles. The highest BCUT2D eigenvalue weighted by molar-refractivity contribution is 5.89. The Morgan fingerprint density at radius 1 is 0.878 bits per heavy atom. The first-order chi connectivity index (χ1) is 19.6. The molecular formula is C31H27F3O7. The number of halogens is 3. The van der Waals surface area contributed by atoms with Crippen LogP contribution < -0.4 is 24.4 Å². The molecule has 0 spiro atoms. The Bertz CT molecular complexity index is 1620. The maximum Gasteiger partial charge on any atom is 0.453 e. The van der Waals surface area contributed by atoms with Crippen LogP contribution in [0.3, 0.4) is 0 Å². The van der Waals surface area contributed by atoms with Crippen LogP contribution in [0.4, 0.5) is 13.2 Å². The van der Waals surface area contributed by atoms with Crippen LogP contribution in [0, 0.1) is 0 Å². The van der Waals surface area contributed by atoms with Crippen LogP contribution >= 0.6 is 0 Å². The highest BCUT2D eigenvalue weighted by Crippen LogP contribution is 2.38. The number of benzene rings is 3. The quantitative estimate of drug-likeness (QED) is 0.111. The molecule has 10 heteroatoms. The average Bonchev–Trinajstić information content (AvgIpc) is 2.94. The molecule has 214 valence electrons. The molecule has 41 heavy (non-hydrogen) atoms. The first-order valence-electron chi connectivity index (χ1n) is 12.9. The van der Waals surface area contributed by atoms with Gasteiger partial charge in [0.15, 0.2) is 11.5 Å². The summed E-state index contributed by atoms with van der Waals surface area (Å²) in [6.07, 6.45) is -1.67. The van der Waals surface area contributed by atoms with Crippen molar-refractivity contribution in [2.75, 3.05) is 13.2 Å². The number of rotatable bonds is 10. The fourth-order valence-corrected chi connectivity index (χ4v) is 3.90. The molecule has 0 saturated carbocycles. The normalized spacial score (nSPS) is 11.6. The zero-order valence-corrected chi connectivity index (χ0v) is 22.5. The zero-order chi connectivity index (χ0) is 29.6. The van der Waals surface area contributed by atoms with E-state index in [4.69, 9.17) is 23.4 Å². The summed E-state index contributed by atoms with van der Waals surface area (Å²) >= 11 is 0. The molecule has 1 aromatic heterocycles. The standard InChI is InChI=1S/C31H27F3O7/c1-4-19-7-11-21(12-8-19)40-29-28(36)23-14-13-22(18-25(23)41-30(29)31(32,33)34)39-27(35)16-10-20-9-15-24(37-5-2)26(17-20)38-6-3/h7-18H,4-6H2,1-3H3/b16-10+. The molecule has 4 rings (SSSR count). The van der Waals surface area contributed by atoms with Crippen molar-refractivity contribution in [3.63, 3.8) is 0 Å². The van der Waals surface area contributed by atoms with Crippen molar-refractivity contribution in [3.8, 4) is 28.7 Å². The van der Waals surface area contributed by atoms with Crippen molar-refractivity contribution in [3.05, 3.63) is 93.9 Å². The SMILES string of the molecule is CCOc1ccc(/C=C/C(=O)Oc2ccc3c(=O)c(Oc4ccc(CC)cc4)c(C(F)(F)F)oc3c2)cc1OCC. The van der Waals surface area contributed by atoms with E-state index in [9.17, 15) is 22.8 Å². The lowest BCUT2D eigenvalue weighted by atomic mass is 10.1. The van der Waals surface area contributed by atoms with E-state index < -0.39 is 34.7 Å². The van der Waals surface area contributed by atoms with Crippen LogP contribution in [-0.4, -0.2) is 19.2 Å². The van der Waals surface area contributed by atoms with Crippen LogP contribution in [0.1, 0.15) is 37.7 Å². The van der Waals surface area contributed by atoms with Crippen LogP contribution in [0.5, 0.6) is 28.7 Å². The lowest BCUT2D eigenvalue weighted by Gasteiger charge is -2.13. The Balaban J connectivity index is 1.59. The summed E-state index contributed by atoms with van der Waals surface area (Å²) in [6, 6.07) is 15.0. The number of alkyl halides is 3. The third kappa shape index (κ3) is 7.08. The zero-order valence-electron chi connectivity index (χ0n) is 22.5. The van der Waals surface area contributed by atoms with Gasteiger partial charge in [-0.25, -0.2) is 4.79 Å². The molecule has 0 amide bonds. The maximum absolute atomic E-state index is 13.9. The van der Waals surface area contributed by atoms with Crippen molar-refractivity contribution in [1.29, 1.82) is 0 Å². The van der Waals surface area contributed by atoms with E-state index >= 15 is 0 Å². The van der Waals surface area contributed by atoms with Gasteiger partial charge in [0.2, 0.25) is 11.2 Å². The van der Waals surface area contributed by atoms with Gasteiger partial charge in [-0.15, -0.1) is 0 Å². The van der Waals surface area contributed by atoms with E-state index in [1.807, 2.05) is 20.8 Å². The summed E-state index contributed by atoms with van der Waals surface area (Å²) in [4.78, 5) is 25.5. The Morgan fingerprint density at radius 2 is 1.56 bits per heavy atom. The van der Waals surface area contributed by atoms with E-state index in [2.05, 4.69) is 0 Å². The number of ether oxygens (including phenoxy) is 4. The fraction of sp³-hybridized carbons (Fsp3) is 0.226. The molecule has 0 aliphatic carbocycles. The van der Waals surface area contributed by atoms with Gasteiger partial charge in [0, 0.05) is 12.1 Å². The second kappa shape index (κ2) is 12.6. The van der Waals surface area contributed by atoms with Gasteiger partial charge in [0.1, 0.15) is 17.1 Å². The Hall–Kier alpha value is -4.73. The van der Waals surface area contributed by atoms with Crippen LogP contribution in [0.2, 0.25) is 0 Å². The molecule has 0 N–H and O–H groups in total. The van der Waals surface area contributed by atoms with Gasteiger partial charge in [-0.3, -0.25) is 4.79 Å². The molecule has 0 bridgehead atoms. The number of carbonyl (C=O) groups is 1. The summed E-state index contributed by atoms with van der Waals surface area (Å²) in [5, 5.41) is -0.175. The number of hydrogen-bond donors (Lipinski definition) is 0. The van der Waals surface area contributed by atoms with Gasteiger partial charge < -0.3 is 23.4 Å². The number of esters is 1. The second-order valence-corrected chi connectivity index (χ2v) is 8.67. The Morgan fingerprint density at radius 3 is 2.22 bits per heavy atom. The number of hydrogen-bond acceptors (Lipinski definition) is 7. The maximum atomic E-state index is 13.9. The van der Waals surface area contributed by atoms with Gasteiger partial charge in [-0.1, -0.05) is 25.1 Å². The lowest BCUT2D eigenvalue weighted by Crippen LogP contribution is -2.15. The highest BCUT2D eigenvalue weighted by atomic mass is 19.4. The molecule has 7 nitrogen and oxygen atoms in total. The van der Waals surface area contributed by atoms with Gasteiger partial charge in [0.25, 0.3) is 5.76 Å². The predicted octanol–water partition coefficient (Wildman–Crippen LogP) is 7.58. The molecule has 0 radical (unpaired) electrons. The number of carbonyl (C=O) groups excluding carboxylic acids is 1. The second-order valence-electron chi connectivity index (χ2n) is 8.67. The molecular weight excluding hydrogens is 541 g/mol. The smallest absolute Gasteiger partial charge is 0.453 e. The minimum atomic E-state index is -5.03. The van der Waals surface area contributed by atoms with Crippen molar-refractivity contribution in [2.24, 2.45) is 0 Å². The summed E-state index contributed by atoms with van der Waals surface area (Å²) < 4.78 is 68.4. The fourth-order valence-electron chi connectivity index (χ4n) is 3.90. The number of aryl methyl sites for hydroxylation is 1. The van der Waals surface area contributed by atoms with Crippen molar-refractivity contribution in [1.82, 2.24) is 0 Å². The minimum absolute atomic E-state index is 0.0533. The largest absolute Gasteiger partial charge is 0.490 e. The van der Waals surface area contributed by atoms with Crippen LogP contribution in [0.25, 0.3) is 17.0 Å². The van der Waals surface area contributed by atoms with E-state index in [-0.39, 0.29) is 16.9 Å². The molecule has 3 aromatic carbocycles. The molecule has 0 aliphatic rings. The summed E-state index contributed by atoms with van der Waals surface area (Å²) in [7, 11) is 0. The monoisotopic (exact) mass is 568 g/mol. The molecule has 0 unspecified atom stereocenters.